The van der Waals surface area contributed by atoms with E-state index in [9.17, 15) is 4.79 Å². The van der Waals surface area contributed by atoms with E-state index in [0.717, 1.165) is 36.0 Å². The van der Waals surface area contributed by atoms with Crippen LogP contribution in [0.2, 0.25) is 0 Å². The first-order chi connectivity index (χ1) is 14.3. The Morgan fingerprint density at radius 1 is 1.13 bits per heavy atom. The van der Waals surface area contributed by atoms with Crippen LogP contribution >= 0.6 is 0 Å². The summed E-state index contributed by atoms with van der Waals surface area (Å²) < 4.78 is 1.67. The molecule has 8 atom stereocenters. The molecule has 0 aromatic carbocycles. The Labute approximate surface area is 188 Å². The van der Waals surface area contributed by atoms with Crippen LogP contribution in [0.3, 0.4) is 0 Å². The van der Waals surface area contributed by atoms with Crippen molar-refractivity contribution in [3.63, 3.8) is 0 Å². The first-order valence-corrected chi connectivity index (χ1v) is 12.3. The third-order valence-corrected chi connectivity index (χ3v) is 10.4. The van der Waals surface area contributed by atoms with Gasteiger partial charge in [0.2, 0.25) is 0 Å². The number of carbonyl (C=O) groups is 1. The molecule has 4 aliphatic carbocycles. The van der Waals surface area contributed by atoms with Gasteiger partial charge in [0.25, 0.3) is 0 Å². The van der Waals surface area contributed by atoms with E-state index in [0.29, 0.717) is 23.3 Å². The molecule has 1 aromatic rings. The summed E-state index contributed by atoms with van der Waals surface area (Å²) in [6, 6.07) is 2.11. The normalized spacial score (nSPS) is 43.7. The molecule has 170 valence electrons. The summed E-state index contributed by atoms with van der Waals surface area (Å²) in [5, 5.41) is 13.3. The molecular formula is C27H41N3O. The van der Waals surface area contributed by atoms with Crippen LogP contribution in [0.25, 0.3) is 0 Å². The second kappa shape index (κ2) is 8.05. The van der Waals surface area contributed by atoms with Crippen LogP contribution < -0.4 is 0 Å². The Kier molecular flexibility index (Phi) is 5.86. The number of rotatable bonds is 3. The zero-order valence-corrected chi connectivity index (χ0v) is 18.9. The van der Waals surface area contributed by atoms with Crippen molar-refractivity contribution < 1.29 is 4.79 Å². The standard InChI is InChI=1S/C26H37N3O.CH4/c1-17-8-10-25(2)19(12-17)4-5-20-21-6-7-23(26(21,3)11-9-22(20)25)24(30)16-29-15-18(13-27)14-28-29;/h14-15,17,19-23H,4-12,16H2,1-3H3;1H4/t17?,19?,20-,21?,22?,23?,25?,26-;/m0./s1. The highest BCUT2D eigenvalue weighted by Crippen LogP contribution is 2.67. The van der Waals surface area contributed by atoms with Crippen molar-refractivity contribution in [3.8, 4) is 6.07 Å². The molecule has 0 saturated heterocycles. The number of fused-ring (bicyclic) bond motifs is 5. The van der Waals surface area contributed by atoms with Gasteiger partial charge in [0, 0.05) is 12.1 Å². The summed E-state index contributed by atoms with van der Waals surface area (Å²) in [5.41, 5.74) is 1.24. The molecule has 31 heavy (non-hydrogen) atoms. The first-order valence-electron chi connectivity index (χ1n) is 12.3. The topological polar surface area (TPSA) is 58.7 Å². The third kappa shape index (κ3) is 3.47. The summed E-state index contributed by atoms with van der Waals surface area (Å²) in [6.07, 6.45) is 15.2. The van der Waals surface area contributed by atoms with Crippen molar-refractivity contribution in [2.45, 2.75) is 92.5 Å². The minimum absolute atomic E-state index is 0. The van der Waals surface area contributed by atoms with Gasteiger partial charge in [-0.1, -0.05) is 34.6 Å². The number of aromatic nitrogens is 2. The highest BCUT2D eigenvalue weighted by molar-refractivity contribution is 5.82. The number of hydrogen-bond donors (Lipinski definition) is 0. The van der Waals surface area contributed by atoms with E-state index in [1.54, 1.807) is 17.1 Å². The number of nitriles is 1. The molecule has 4 nitrogen and oxygen atoms in total. The summed E-state index contributed by atoms with van der Waals surface area (Å²) in [7, 11) is 0. The molecule has 4 aliphatic rings. The van der Waals surface area contributed by atoms with Crippen LogP contribution in [0.4, 0.5) is 0 Å². The summed E-state index contributed by atoms with van der Waals surface area (Å²) in [4.78, 5) is 13.3. The Balaban J connectivity index is 0.00000231. The van der Waals surface area contributed by atoms with Gasteiger partial charge in [0.15, 0.2) is 5.78 Å². The zero-order chi connectivity index (χ0) is 21.1. The molecule has 5 rings (SSSR count). The lowest BCUT2D eigenvalue weighted by atomic mass is 9.44. The molecule has 0 bridgehead atoms. The van der Waals surface area contributed by atoms with Gasteiger partial charge >= 0.3 is 0 Å². The molecule has 1 aromatic heterocycles. The van der Waals surface area contributed by atoms with Crippen LogP contribution in [0.1, 0.15) is 91.5 Å². The number of nitrogens with zero attached hydrogens (tertiary/aromatic N) is 3. The second-order valence-corrected chi connectivity index (χ2v) is 11.7. The van der Waals surface area contributed by atoms with Crippen molar-refractivity contribution in [2.75, 3.05) is 0 Å². The van der Waals surface area contributed by atoms with Crippen LogP contribution in [0.15, 0.2) is 12.4 Å². The van der Waals surface area contributed by atoms with Crippen molar-refractivity contribution in [1.82, 2.24) is 9.78 Å². The van der Waals surface area contributed by atoms with E-state index in [1.807, 2.05) is 0 Å². The van der Waals surface area contributed by atoms with Crippen LogP contribution in [-0.2, 0) is 11.3 Å². The molecule has 4 heteroatoms. The van der Waals surface area contributed by atoms with Gasteiger partial charge in [-0.05, 0) is 91.8 Å². The fourth-order valence-corrected chi connectivity index (χ4v) is 8.78. The average molecular weight is 424 g/mol. The lowest BCUT2D eigenvalue weighted by Crippen LogP contribution is -2.53. The molecule has 4 fully saturated rings. The van der Waals surface area contributed by atoms with E-state index in [2.05, 4.69) is 31.9 Å². The number of ketones is 1. The highest BCUT2D eigenvalue weighted by atomic mass is 16.1. The molecule has 1 heterocycles. The lowest BCUT2D eigenvalue weighted by molar-refractivity contribution is -0.137. The maximum Gasteiger partial charge on any atom is 0.157 e. The van der Waals surface area contributed by atoms with Crippen molar-refractivity contribution >= 4 is 5.78 Å². The Bertz CT molecular complexity index is 868. The average Bonchev–Trinajstić information content (AvgIpc) is 3.32. The maximum atomic E-state index is 13.3. The summed E-state index contributed by atoms with van der Waals surface area (Å²) in [6.45, 7) is 7.84. The number of hydrogen-bond acceptors (Lipinski definition) is 3. The maximum absolute atomic E-state index is 13.3. The van der Waals surface area contributed by atoms with Crippen molar-refractivity contribution in [2.24, 2.45) is 46.3 Å². The lowest BCUT2D eigenvalue weighted by Gasteiger charge is -2.61. The number of carbonyl (C=O) groups excluding carboxylic acids is 1. The highest BCUT2D eigenvalue weighted by Gasteiger charge is 2.60. The van der Waals surface area contributed by atoms with E-state index in [4.69, 9.17) is 5.26 Å². The molecule has 6 unspecified atom stereocenters. The predicted molar refractivity (Wildman–Crippen MR) is 123 cm³/mol. The van der Waals surface area contributed by atoms with Gasteiger partial charge in [0.05, 0.1) is 18.3 Å². The molecule has 0 aliphatic heterocycles. The van der Waals surface area contributed by atoms with E-state index < -0.39 is 0 Å². The Morgan fingerprint density at radius 2 is 1.87 bits per heavy atom. The first kappa shape index (κ1) is 22.6. The van der Waals surface area contributed by atoms with E-state index in [1.165, 1.54) is 51.4 Å². The van der Waals surface area contributed by atoms with Crippen LogP contribution in [0.5, 0.6) is 0 Å². The summed E-state index contributed by atoms with van der Waals surface area (Å²) >= 11 is 0. The smallest absolute Gasteiger partial charge is 0.157 e. The van der Waals surface area contributed by atoms with Gasteiger partial charge in [-0.15, -0.1) is 0 Å². The quantitative estimate of drug-likeness (QED) is 0.577. The zero-order valence-electron chi connectivity index (χ0n) is 18.9. The minimum atomic E-state index is 0. The third-order valence-electron chi connectivity index (χ3n) is 10.4. The van der Waals surface area contributed by atoms with Gasteiger partial charge in [-0.2, -0.15) is 10.4 Å². The summed E-state index contributed by atoms with van der Waals surface area (Å²) in [5.74, 6) is 4.75. The largest absolute Gasteiger partial charge is 0.297 e. The fraction of sp³-hybridized carbons (Fsp3) is 0.815. The molecular weight excluding hydrogens is 382 g/mol. The van der Waals surface area contributed by atoms with Gasteiger partial charge in [0.1, 0.15) is 6.07 Å². The molecule has 0 radical (unpaired) electrons. The van der Waals surface area contributed by atoms with Gasteiger partial charge < -0.3 is 0 Å². The Morgan fingerprint density at radius 3 is 2.61 bits per heavy atom. The van der Waals surface area contributed by atoms with Crippen molar-refractivity contribution in [3.05, 3.63) is 18.0 Å². The second-order valence-electron chi connectivity index (χ2n) is 11.7. The fourth-order valence-electron chi connectivity index (χ4n) is 8.78. The van der Waals surface area contributed by atoms with E-state index in [-0.39, 0.29) is 18.8 Å². The Hall–Kier alpha value is -1.63. The van der Waals surface area contributed by atoms with Crippen LogP contribution in [0, 0.1) is 57.7 Å². The minimum Gasteiger partial charge on any atom is -0.297 e. The van der Waals surface area contributed by atoms with Crippen molar-refractivity contribution in [1.29, 1.82) is 5.26 Å². The SMILES string of the molecule is C.CC1CCC2(C)C(CC[C@@H]3C2CC[C@]2(C)C(C(=O)Cn4cc(C#N)cn4)CCC32)C1. The van der Waals surface area contributed by atoms with Crippen LogP contribution in [-0.4, -0.2) is 15.6 Å². The molecule has 0 amide bonds. The van der Waals surface area contributed by atoms with E-state index >= 15 is 0 Å². The molecule has 4 saturated carbocycles. The number of Topliss-reactive ketones (excluding diaryl/α,β-unsaturated/α-hetero) is 1. The van der Waals surface area contributed by atoms with Gasteiger partial charge in [-0.25, -0.2) is 0 Å². The molecule has 0 N–H and O–H groups in total. The monoisotopic (exact) mass is 423 g/mol. The molecule has 0 spiro atoms. The predicted octanol–water partition coefficient (Wildman–Crippen LogP) is 6.25. The van der Waals surface area contributed by atoms with Gasteiger partial charge in [-0.3, -0.25) is 9.48 Å².